The first-order valence-electron chi connectivity index (χ1n) is 6.23. The van der Waals surface area contributed by atoms with Gasteiger partial charge in [-0.25, -0.2) is 0 Å². The van der Waals surface area contributed by atoms with E-state index >= 15 is 0 Å². The normalized spacial score (nSPS) is 25.0. The summed E-state index contributed by atoms with van der Waals surface area (Å²) in [5.74, 6) is -0.795. The van der Waals surface area contributed by atoms with Gasteiger partial charge in [0.25, 0.3) is 0 Å². The van der Waals surface area contributed by atoms with E-state index in [0.717, 1.165) is 5.56 Å². The van der Waals surface area contributed by atoms with E-state index in [2.05, 4.69) is 30.3 Å². The first-order valence-corrected chi connectivity index (χ1v) is 6.23. The Labute approximate surface area is 106 Å². The predicted octanol–water partition coefficient (Wildman–Crippen LogP) is 3.66. The number of carbonyl (C=O) groups is 1. The van der Waals surface area contributed by atoms with Crippen LogP contribution in [0.5, 0.6) is 0 Å². The number of hydrogen-bond donors (Lipinski definition) is 1. The Hall–Kier alpha value is -1.83. The number of benzene rings is 2. The summed E-state index contributed by atoms with van der Waals surface area (Å²) >= 11 is 0. The lowest BCUT2D eigenvalue weighted by molar-refractivity contribution is -0.139. The molecule has 2 nitrogen and oxygen atoms in total. The zero-order chi connectivity index (χ0) is 12.9. The molecular formula is C16H16O2. The second-order valence-electron chi connectivity index (χ2n) is 5.72. The van der Waals surface area contributed by atoms with Crippen molar-refractivity contribution in [3.05, 3.63) is 48.0 Å². The smallest absolute Gasteiger partial charge is 0.307 e. The van der Waals surface area contributed by atoms with Crippen molar-refractivity contribution in [2.75, 3.05) is 0 Å². The van der Waals surface area contributed by atoms with E-state index in [4.69, 9.17) is 0 Å². The van der Waals surface area contributed by atoms with Gasteiger partial charge in [0, 0.05) is 5.92 Å². The zero-order valence-corrected chi connectivity index (χ0v) is 10.6. The van der Waals surface area contributed by atoms with Gasteiger partial charge in [-0.05, 0) is 21.8 Å². The number of rotatable bonds is 2. The van der Waals surface area contributed by atoms with E-state index in [-0.39, 0.29) is 17.3 Å². The maximum Gasteiger partial charge on any atom is 0.307 e. The van der Waals surface area contributed by atoms with E-state index in [1.54, 1.807) is 0 Å². The number of fused-ring (bicyclic) bond motifs is 1. The molecule has 1 aliphatic rings. The molecule has 0 bridgehead atoms. The maximum atomic E-state index is 11.2. The molecule has 2 aromatic rings. The Balaban J connectivity index is 2.04. The molecule has 0 aliphatic heterocycles. The Morgan fingerprint density at radius 1 is 1.11 bits per heavy atom. The summed E-state index contributed by atoms with van der Waals surface area (Å²) in [6.45, 7) is 4.07. The number of carboxylic acid groups (broad SMARTS) is 1. The molecular weight excluding hydrogens is 224 g/mol. The Morgan fingerprint density at radius 2 is 1.78 bits per heavy atom. The highest BCUT2D eigenvalue weighted by atomic mass is 16.4. The summed E-state index contributed by atoms with van der Waals surface area (Å²) in [5, 5.41) is 11.6. The van der Waals surface area contributed by atoms with E-state index in [1.165, 1.54) is 10.8 Å². The van der Waals surface area contributed by atoms with E-state index in [9.17, 15) is 9.90 Å². The van der Waals surface area contributed by atoms with Crippen LogP contribution in [0.25, 0.3) is 10.8 Å². The van der Waals surface area contributed by atoms with Gasteiger partial charge >= 0.3 is 5.97 Å². The second kappa shape index (κ2) is 3.58. The molecule has 0 heterocycles. The maximum absolute atomic E-state index is 11.2. The third-order valence-corrected chi connectivity index (χ3v) is 4.23. The highest BCUT2D eigenvalue weighted by Gasteiger charge is 2.62. The summed E-state index contributed by atoms with van der Waals surface area (Å²) in [7, 11) is 0. The Bertz CT molecular complexity index is 628. The van der Waals surface area contributed by atoms with Gasteiger partial charge in [0.05, 0.1) is 5.92 Å². The quantitative estimate of drug-likeness (QED) is 0.869. The second-order valence-corrected chi connectivity index (χ2v) is 5.72. The summed E-state index contributed by atoms with van der Waals surface area (Å²) < 4.78 is 0. The van der Waals surface area contributed by atoms with Crippen molar-refractivity contribution in [1.82, 2.24) is 0 Å². The van der Waals surface area contributed by atoms with Crippen molar-refractivity contribution in [2.45, 2.75) is 19.8 Å². The molecule has 1 fully saturated rings. The van der Waals surface area contributed by atoms with Gasteiger partial charge in [0.2, 0.25) is 0 Å². The Morgan fingerprint density at radius 3 is 2.39 bits per heavy atom. The molecule has 2 heteroatoms. The first-order chi connectivity index (χ1) is 8.51. The molecule has 0 spiro atoms. The molecule has 1 saturated carbocycles. The first kappa shape index (κ1) is 11.3. The predicted molar refractivity (Wildman–Crippen MR) is 71.6 cm³/mol. The topological polar surface area (TPSA) is 37.3 Å². The molecule has 2 aromatic carbocycles. The summed E-state index contributed by atoms with van der Waals surface area (Å²) in [6.07, 6.45) is 0. The molecule has 1 N–H and O–H groups in total. The van der Waals surface area contributed by atoms with Crippen LogP contribution in [0.1, 0.15) is 25.3 Å². The van der Waals surface area contributed by atoms with Crippen LogP contribution in [0.4, 0.5) is 0 Å². The van der Waals surface area contributed by atoms with E-state index in [0.29, 0.717) is 0 Å². The zero-order valence-electron chi connectivity index (χ0n) is 10.6. The summed E-state index contributed by atoms with van der Waals surface area (Å²) in [6, 6.07) is 14.5. The molecule has 0 saturated heterocycles. The van der Waals surface area contributed by atoms with Crippen molar-refractivity contribution < 1.29 is 9.90 Å². The van der Waals surface area contributed by atoms with Crippen molar-refractivity contribution in [1.29, 1.82) is 0 Å². The number of aliphatic carboxylic acids is 1. The molecule has 2 unspecified atom stereocenters. The third kappa shape index (κ3) is 1.52. The van der Waals surface area contributed by atoms with Gasteiger partial charge < -0.3 is 5.11 Å². The Kier molecular flexibility index (Phi) is 2.24. The summed E-state index contributed by atoms with van der Waals surface area (Å²) in [4.78, 5) is 11.2. The lowest BCUT2D eigenvalue weighted by Gasteiger charge is -2.05. The molecule has 92 valence electrons. The van der Waals surface area contributed by atoms with Crippen LogP contribution in [0.2, 0.25) is 0 Å². The molecule has 0 radical (unpaired) electrons. The van der Waals surface area contributed by atoms with E-state index in [1.807, 2.05) is 26.0 Å². The number of hydrogen-bond acceptors (Lipinski definition) is 1. The fraction of sp³-hybridized carbons (Fsp3) is 0.312. The minimum Gasteiger partial charge on any atom is -0.481 e. The lowest BCUT2D eigenvalue weighted by atomic mass is 10.00. The van der Waals surface area contributed by atoms with Crippen LogP contribution in [0.15, 0.2) is 42.5 Å². The minimum atomic E-state index is -0.682. The van der Waals surface area contributed by atoms with Crippen molar-refractivity contribution >= 4 is 16.7 Å². The van der Waals surface area contributed by atoms with Gasteiger partial charge in [-0.15, -0.1) is 0 Å². The van der Waals surface area contributed by atoms with E-state index < -0.39 is 5.97 Å². The average molecular weight is 240 g/mol. The van der Waals surface area contributed by atoms with Crippen LogP contribution in [-0.4, -0.2) is 11.1 Å². The van der Waals surface area contributed by atoms with Crippen molar-refractivity contribution in [3.8, 4) is 0 Å². The van der Waals surface area contributed by atoms with Crippen molar-refractivity contribution in [3.63, 3.8) is 0 Å². The van der Waals surface area contributed by atoms with Gasteiger partial charge in [0.15, 0.2) is 0 Å². The monoisotopic (exact) mass is 240 g/mol. The van der Waals surface area contributed by atoms with Gasteiger partial charge in [-0.2, -0.15) is 0 Å². The van der Waals surface area contributed by atoms with Gasteiger partial charge in [-0.3, -0.25) is 4.79 Å². The molecule has 18 heavy (non-hydrogen) atoms. The molecule has 0 amide bonds. The van der Waals surface area contributed by atoms with Crippen LogP contribution in [0.3, 0.4) is 0 Å². The average Bonchev–Trinajstić information content (AvgIpc) is 2.92. The molecule has 0 aromatic heterocycles. The molecule has 2 atom stereocenters. The van der Waals surface area contributed by atoms with Crippen LogP contribution in [-0.2, 0) is 4.79 Å². The standard InChI is InChI=1S/C16H16O2/c1-16(2)13(14(16)15(17)18)12-8-7-10-5-3-4-6-11(10)9-12/h3-9,13-14H,1-2H3,(H,17,18). The van der Waals surface area contributed by atoms with Crippen LogP contribution < -0.4 is 0 Å². The highest BCUT2D eigenvalue weighted by Crippen LogP contribution is 2.64. The molecule has 3 rings (SSSR count). The lowest BCUT2D eigenvalue weighted by Crippen LogP contribution is -2.03. The van der Waals surface area contributed by atoms with Crippen LogP contribution >= 0.6 is 0 Å². The highest BCUT2D eigenvalue weighted by molar-refractivity contribution is 5.84. The summed E-state index contributed by atoms with van der Waals surface area (Å²) in [5.41, 5.74) is 1.01. The fourth-order valence-electron chi connectivity index (χ4n) is 3.12. The SMILES string of the molecule is CC1(C)C(C(=O)O)C1c1ccc2ccccc2c1. The number of carboxylic acids is 1. The van der Waals surface area contributed by atoms with Gasteiger partial charge in [-0.1, -0.05) is 56.3 Å². The largest absolute Gasteiger partial charge is 0.481 e. The van der Waals surface area contributed by atoms with Gasteiger partial charge in [0.1, 0.15) is 0 Å². The third-order valence-electron chi connectivity index (χ3n) is 4.23. The van der Waals surface area contributed by atoms with Crippen LogP contribution in [0, 0.1) is 11.3 Å². The van der Waals surface area contributed by atoms with Crippen molar-refractivity contribution in [2.24, 2.45) is 11.3 Å². The fourth-order valence-corrected chi connectivity index (χ4v) is 3.12. The minimum absolute atomic E-state index is 0.131. The molecule has 1 aliphatic carbocycles.